The molecule has 11 heteroatoms. The largest absolute Gasteiger partial charge is 0.367 e. The molecule has 0 radical (unpaired) electrons. The molecule has 0 aliphatic rings. The second kappa shape index (κ2) is 8.95. The lowest BCUT2D eigenvalue weighted by atomic mass is 10.4. The number of aromatic nitrogens is 3. The standard InChI is InChI=1S/C17H20N6O3S2/c1-13(24)19-12-14-4-7-17(27-14)28(25,26)20-9-8-18-15-5-6-16(22-21-15)23-10-2-3-11-23/h2-7,10-11,20H,8-9,12H2,1H3,(H,18,21)(H,19,24). The van der Waals surface area contributed by atoms with Gasteiger partial charge in [0.25, 0.3) is 0 Å². The first-order chi connectivity index (χ1) is 13.4. The number of rotatable bonds is 9. The Balaban J connectivity index is 1.47. The summed E-state index contributed by atoms with van der Waals surface area (Å²) in [7, 11) is -3.59. The van der Waals surface area contributed by atoms with Gasteiger partial charge in [0.1, 0.15) is 10.0 Å². The Bertz CT molecular complexity index is 1010. The van der Waals surface area contributed by atoms with Gasteiger partial charge in [0.2, 0.25) is 15.9 Å². The van der Waals surface area contributed by atoms with Crippen LogP contribution in [0.2, 0.25) is 0 Å². The molecular weight excluding hydrogens is 400 g/mol. The minimum absolute atomic E-state index is 0.161. The lowest BCUT2D eigenvalue weighted by Gasteiger charge is -2.07. The van der Waals surface area contributed by atoms with Crippen LogP contribution in [0.15, 0.2) is 53.0 Å². The van der Waals surface area contributed by atoms with Crippen LogP contribution in [0.25, 0.3) is 5.82 Å². The fraction of sp³-hybridized carbons (Fsp3) is 0.235. The Labute approximate surface area is 166 Å². The van der Waals surface area contributed by atoms with Crippen molar-refractivity contribution in [1.82, 2.24) is 24.8 Å². The first-order valence-corrected chi connectivity index (χ1v) is 10.8. The number of carbonyl (C=O) groups excluding carboxylic acids is 1. The molecule has 0 aliphatic heterocycles. The molecule has 3 aromatic rings. The Morgan fingerprint density at radius 1 is 1.11 bits per heavy atom. The van der Waals surface area contributed by atoms with Crippen molar-refractivity contribution in [2.45, 2.75) is 17.7 Å². The van der Waals surface area contributed by atoms with Crippen LogP contribution >= 0.6 is 11.3 Å². The van der Waals surface area contributed by atoms with Crippen molar-refractivity contribution in [1.29, 1.82) is 0 Å². The lowest BCUT2D eigenvalue weighted by molar-refractivity contribution is -0.119. The van der Waals surface area contributed by atoms with Crippen molar-refractivity contribution < 1.29 is 13.2 Å². The third-order valence-corrected chi connectivity index (χ3v) is 6.69. The molecule has 3 rings (SSSR count). The number of sulfonamides is 1. The van der Waals surface area contributed by atoms with Crippen molar-refractivity contribution in [2.75, 3.05) is 18.4 Å². The normalized spacial score (nSPS) is 11.3. The second-order valence-electron chi connectivity index (χ2n) is 5.82. The van der Waals surface area contributed by atoms with Gasteiger partial charge in [-0.1, -0.05) is 0 Å². The van der Waals surface area contributed by atoms with Gasteiger partial charge in [-0.05, 0) is 36.4 Å². The van der Waals surface area contributed by atoms with Crippen molar-refractivity contribution in [2.24, 2.45) is 0 Å². The molecule has 0 spiro atoms. The molecule has 0 saturated heterocycles. The maximum Gasteiger partial charge on any atom is 0.250 e. The van der Waals surface area contributed by atoms with Crippen molar-refractivity contribution in [3.8, 4) is 5.82 Å². The molecule has 0 unspecified atom stereocenters. The average molecular weight is 421 g/mol. The zero-order valence-electron chi connectivity index (χ0n) is 15.1. The van der Waals surface area contributed by atoms with E-state index in [2.05, 4.69) is 25.6 Å². The molecule has 3 N–H and O–H groups in total. The summed E-state index contributed by atoms with van der Waals surface area (Å²) in [5, 5.41) is 13.9. The average Bonchev–Trinajstić information content (AvgIpc) is 3.36. The number of nitrogens with one attached hydrogen (secondary N) is 3. The number of nitrogens with zero attached hydrogens (tertiary/aromatic N) is 3. The number of hydrogen-bond acceptors (Lipinski definition) is 7. The van der Waals surface area contributed by atoms with Crippen LogP contribution in [-0.4, -0.2) is 42.2 Å². The van der Waals surface area contributed by atoms with Crippen molar-refractivity contribution in [3.05, 3.63) is 53.7 Å². The summed E-state index contributed by atoms with van der Waals surface area (Å²) in [5.74, 6) is 1.10. The summed E-state index contributed by atoms with van der Waals surface area (Å²) in [5.41, 5.74) is 0. The van der Waals surface area contributed by atoms with Crippen LogP contribution in [0.3, 0.4) is 0 Å². The molecular formula is C17H20N6O3S2. The monoisotopic (exact) mass is 420 g/mol. The molecule has 9 nitrogen and oxygen atoms in total. The van der Waals surface area contributed by atoms with Gasteiger partial charge < -0.3 is 15.2 Å². The SMILES string of the molecule is CC(=O)NCc1ccc(S(=O)(=O)NCCNc2ccc(-n3cccc3)nn2)s1. The topological polar surface area (TPSA) is 118 Å². The minimum atomic E-state index is -3.59. The molecule has 3 aromatic heterocycles. The number of thiophene rings is 1. The van der Waals surface area contributed by atoms with Crippen LogP contribution in [0.4, 0.5) is 5.82 Å². The summed E-state index contributed by atoms with van der Waals surface area (Å²) >= 11 is 1.13. The molecule has 28 heavy (non-hydrogen) atoms. The van der Waals surface area contributed by atoms with E-state index in [1.807, 2.05) is 35.2 Å². The molecule has 3 heterocycles. The van der Waals surface area contributed by atoms with E-state index < -0.39 is 10.0 Å². The predicted octanol–water partition coefficient (Wildman–Crippen LogP) is 1.36. The second-order valence-corrected chi connectivity index (χ2v) is 8.98. The molecule has 0 atom stereocenters. The van der Waals surface area contributed by atoms with E-state index in [1.165, 1.54) is 13.0 Å². The summed E-state index contributed by atoms with van der Waals surface area (Å²) in [6.07, 6.45) is 3.75. The van der Waals surface area contributed by atoms with Gasteiger partial charge in [0, 0.05) is 37.3 Å². The number of hydrogen-bond donors (Lipinski definition) is 3. The highest BCUT2D eigenvalue weighted by Crippen LogP contribution is 2.21. The fourth-order valence-electron chi connectivity index (χ4n) is 2.30. The molecule has 0 aromatic carbocycles. The van der Waals surface area contributed by atoms with E-state index >= 15 is 0 Å². The quantitative estimate of drug-likeness (QED) is 0.450. The number of anilines is 1. The van der Waals surface area contributed by atoms with Crippen molar-refractivity contribution in [3.63, 3.8) is 0 Å². The van der Waals surface area contributed by atoms with E-state index in [4.69, 9.17) is 0 Å². The van der Waals surface area contributed by atoms with Gasteiger partial charge >= 0.3 is 0 Å². The smallest absolute Gasteiger partial charge is 0.250 e. The molecule has 0 aliphatic carbocycles. The lowest BCUT2D eigenvalue weighted by Crippen LogP contribution is -2.28. The maximum absolute atomic E-state index is 12.3. The highest BCUT2D eigenvalue weighted by molar-refractivity contribution is 7.91. The number of carbonyl (C=O) groups is 1. The summed E-state index contributed by atoms with van der Waals surface area (Å²) in [6.45, 7) is 2.29. The van der Waals surface area contributed by atoms with E-state index in [-0.39, 0.29) is 16.7 Å². The Morgan fingerprint density at radius 2 is 1.89 bits per heavy atom. The molecule has 0 bridgehead atoms. The van der Waals surface area contributed by atoms with Crippen LogP contribution in [-0.2, 0) is 21.4 Å². The first kappa shape index (κ1) is 20.0. The summed E-state index contributed by atoms with van der Waals surface area (Å²) < 4.78 is 29.2. The molecule has 1 amide bonds. The van der Waals surface area contributed by atoms with Gasteiger partial charge in [-0.2, -0.15) is 0 Å². The molecule has 0 fully saturated rings. The first-order valence-electron chi connectivity index (χ1n) is 8.48. The number of amides is 1. The molecule has 0 saturated carbocycles. The minimum Gasteiger partial charge on any atom is -0.367 e. The summed E-state index contributed by atoms with van der Waals surface area (Å²) in [4.78, 5) is 11.7. The summed E-state index contributed by atoms with van der Waals surface area (Å²) in [6, 6.07) is 10.6. The zero-order valence-corrected chi connectivity index (χ0v) is 16.8. The Morgan fingerprint density at radius 3 is 2.57 bits per heavy atom. The van der Waals surface area contributed by atoms with Gasteiger partial charge in [-0.15, -0.1) is 21.5 Å². The van der Waals surface area contributed by atoms with E-state index in [0.717, 1.165) is 16.2 Å². The maximum atomic E-state index is 12.3. The fourth-order valence-corrected chi connectivity index (χ4v) is 4.67. The van der Waals surface area contributed by atoms with E-state index in [9.17, 15) is 13.2 Å². The van der Waals surface area contributed by atoms with Gasteiger partial charge in [0.15, 0.2) is 5.82 Å². The third-order valence-electron chi connectivity index (χ3n) is 3.66. The van der Waals surface area contributed by atoms with Crippen LogP contribution < -0.4 is 15.4 Å². The van der Waals surface area contributed by atoms with Gasteiger partial charge in [-0.25, -0.2) is 13.1 Å². The predicted molar refractivity (Wildman–Crippen MR) is 107 cm³/mol. The highest BCUT2D eigenvalue weighted by Gasteiger charge is 2.16. The van der Waals surface area contributed by atoms with Crippen molar-refractivity contribution >= 4 is 33.1 Å². The molecule has 148 valence electrons. The van der Waals surface area contributed by atoms with E-state index in [0.29, 0.717) is 24.7 Å². The zero-order chi connectivity index (χ0) is 20.0. The third kappa shape index (κ3) is 5.38. The van der Waals surface area contributed by atoms with Gasteiger partial charge in [0.05, 0.1) is 6.54 Å². The van der Waals surface area contributed by atoms with Crippen LogP contribution in [0.1, 0.15) is 11.8 Å². The van der Waals surface area contributed by atoms with Crippen LogP contribution in [0.5, 0.6) is 0 Å². The Kier molecular flexibility index (Phi) is 6.39. The highest BCUT2D eigenvalue weighted by atomic mass is 32.2. The van der Waals surface area contributed by atoms with Crippen LogP contribution in [0, 0.1) is 0 Å². The van der Waals surface area contributed by atoms with E-state index in [1.54, 1.807) is 12.1 Å². The Hall–Kier alpha value is -2.76. The van der Waals surface area contributed by atoms with Gasteiger partial charge in [-0.3, -0.25) is 4.79 Å².